The van der Waals surface area contributed by atoms with Crippen molar-refractivity contribution >= 4 is 5.91 Å². The van der Waals surface area contributed by atoms with E-state index >= 15 is 0 Å². The largest absolute Gasteiger partial charge is 0.463 e. The molecule has 1 aromatic rings. The summed E-state index contributed by atoms with van der Waals surface area (Å²) in [7, 11) is 0. The molecule has 1 N–H and O–H groups in total. The number of halogens is 5. The van der Waals surface area contributed by atoms with Gasteiger partial charge in [0.15, 0.2) is 0 Å². The number of hydrogen-bond acceptors (Lipinski definition) is 1. The monoisotopic (exact) mass is 281 g/mol. The minimum Gasteiger partial charge on any atom is -0.346 e. The number of carbonyl (C=O) groups excluding carboxylic acids is 1. The van der Waals surface area contributed by atoms with Crippen molar-refractivity contribution in [2.24, 2.45) is 0 Å². The lowest BCUT2D eigenvalue weighted by atomic mass is 10.1. The molecule has 0 atom stereocenters. The van der Waals surface area contributed by atoms with E-state index < -0.39 is 18.0 Å². The molecule has 0 saturated carbocycles. The maximum atomic E-state index is 12.7. The molecule has 0 radical (unpaired) electrons. The van der Waals surface area contributed by atoms with Gasteiger partial charge in [0.05, 0.1) is 0 Å². The van der Waals surface area contributed by atoms with Crippen LogP contribution in [0.25, 0.3) is 0 Å². The predicted octanol–water partition coefficient (Wildman–Crippen LogP) is 3.12. The van der Waals surface area contributed by atoms with E-state index in [0.717, 1.165) is 5.56 Å². The van der Waals surface area contributed by atoms with Gasteiger partial charge in [0.2, 0.25) is 0 Å². The lowest BCUT2D eigenvalue weighted by molar-refractivity contribution is -0.269. The second-order valence-electron chi connectivity index (χ2n) is 4.18. The minimum atomic E-state index is -5.89. The van der Waals surface area contributed by atoms with Crippen molar-refractivity contribution in [3.63, 3.8) is 0 Å². The number of rotatable bonds is 3. The molecule has 1 rings (SSSR count). The van der Waals surface area contributed by atoms with E-state index in [4.69, 9.17) is 0 Å². The summed E-state index contributed by atoms with van der Waals surface area (Å²) in [5.41, 5.74) is 2.11. The first kappa shape index (κ1) is 15.4. The smallest absolute Gasteiger partial charge is 0.346 e. The zero-order chi connectivity index (χ0) is 14.8. The Morgan fingerprint density at radius 1 is 1.16 bits per heavy atom. The van der Waals surface area contributed by atoms with E-state index in [9.17, 15) is 26.7 Å². The van der Waals surface area contributed by atoms with Crippen molar-refractivity contribution in [3.05, 3.63) is 34.9 Å². The molecule has 1 aromatic carbocycles. The van der Waals surface area contributed by atoms with Crippen LogP contribution in [-0.4, -0.2) is 18.0 Å². The first-order valence-electron chi connectivity index (χ1n) is 5.34. The van der Waals surface area contributed by atoms with E-state index in [2.05, 4.69) is 0 Å². The average molecular weight is 281 g/mol. The molecule has 0 unspecified atom stereocenters. The maximum Gasteiger partial charge on any atom is 0.463 e. The summed E-state index contributed by atoms with van der Waals surface area (Å²) in [5, 5.41) is 1.60. The number of amides is 1. The third-order valence-corrected chi connectivity index (χ3v) is 2.58. The number of carbonyl (C=O) groups is 1. The fourth-order valence-electron chi connectivity index (χ4n) is 1.46. The van der Waals surface area contributed by atoms with Crippen LogP contribution in [0.1, 0.15) is 16.7 Å². The highest BCUT2D eigenvalue weighted by Gasteiger charge is 2.63. The molecule has 19 heavy (non-hydrogen) atoms. The van der Waals surface area contributed by atoms with Gasteiger partial charge < -0.3 is 5.32 Å². The highest BCUT2D eigenvalue weighted by molar-refractivity contribution is 5.84. The molecule has 106 valence electrons. The number of nitrogens with one attached hydrogen (secondary N) is 1. The topological polar surface area (TPSA) is 29.1 Å². The van der Waals surface area contributed by atoms with Gasteiger partial charge in [-0.25, -0.2) is 0 Å². The van der Waals surface area contributed by atoms with Crippen LogP contribution in [0.3, 0.4) is 0 Å². The molecule has 0 heterocycles. The number of hydrogen-bond donors (Lipinski definition) is 1. The molecular formula is C12H12F5NO. The Morgan fingerprint density at radius 2 is 1.74 bits per heavy atom. The van der Waals surface area contributed by atoms with Gasteiger partial charge in [0.25, 0.3) is 0 Å². The Bertz CT molecular complexity index is 481. The second-order valence-corrected chi connectivity index (χ2v) is 4.18. The first-order chi connectivity index (χ1) is 8.55. The summed E-state index contributed by atoms with van der Waals surface area (Å²) in [6.45, 7) is 3.11. The lowest BCUT2D eigenvalue weighted by Gasteiger charge is -2.19. The zero-order valence-corrected chi connectivity index (χ0v) is 10.2. The van der Waals surface area contributed by atoms with Crippen LogP contribution in [0.4, 0.5) is 22.0 Å². The van der Waals surface area contributed by atoms with Crippen LogP contribution in [0.2, 0.25) is 0 Å². The molecule has 0 aliphatic carbocycles. The maximum absolute atomic E-state index is 12.7. The van der Waals surface area contributed by atoms with Gasteiger partial charge >= 0.3 is 18.0 Å². The SMILES string of the molecule is Cc1ccc(CNC(=O)C(F)(F)C(F)(F)F)c(C)c1. The summed E-state index contributed by atoms with van der Waals surface area (Å²) in [5.74, 6) is -7.73. The fourth-order valence-corrected chi connectivity index (χ4v) is 1.46. The van der Waals surface area contributed by atoms with Gasteiger partial charge in [-0.15, -0.1) is 0 Å². The standard InChI is InChI=1S/C12H12F5NO/c1-7-3-4-9(8(2)5-7)6-18-10(19)11(13,14)12(15,16)17/h3-5H,6H2,1-2H3,(H,18,19). The number of aryl methyl sites for hydroxylation is 2. The number of alkyl halides is 5. The summed E-state index contributed by atoms with van der Waals surface area (Å²) in [4.78, 5) is 10.9. The molecule has 0 spiro atoms. The summed E-state index contributed by atoms with van der Waals surface area (Å²) >= 11 is 0. The molecule has 0 fully saturated rings. The van der Waals surface area contributed by atoms with Gasteiger partial charge in [-0.1, -0.05) is 23.8 Å². The molecule has 0 aromatic heterocycles. The Kier molecular flexibility index (Phi) is 4.17. The summed E-state index contributed by atoms with van der Waals surface area (Å²) < 4.78 is 61.1. The quantitative estimate of drug-likeness (QED) is 0.847. The van der Waals surface area contributed by atoms with Crippen LogP contribution in [0.15, 0.2) is 18.2 Å². The third-order valence-electron chi connectivity index (χ3n) is 2.58. The molecular weight excluding hydrogens is 269 g/mol. The van der Waals surface area contributed by atoms with Crippen LogP contribution in [0, 0.1) is 13.8 Å². The molecule has 1 amide bonds. The lowest BCUT2D eigenvalue weighted by Crippen LogP contribution is -2.50. The van der Waals surface area contributed by atoms with Crippen LogP contribution >= 0.6 is 0 Å². The van der Waals surface area contributed by atoms with Crippen LogP contribution < -0.4 is 5.32 Å². The third kappa shape index (κ3) is 3.42. The molecule has 2 nitrogen and oxygen atoms in total. The Morgan fingerprint density at radius 3 is 2.21 bits per heavy atom. The first-order valence-corrected chi connectivity index (χ1v) is 5.34. The predicted molar refractivity (Wildman–Crippen MR) is 58.8 cm³/mol. The van der Waals surface area contributed by atoms with Gasteiger partial charge in [-0.05, 0) is 25.0 Å². The van der Waals surface area contributed by atoms with Gasteiger partial charge in [-0.2, -0.15) is 22.0 Å². The minimum absolute atomic E-state index is 0.378. The Hall–Kier alpha value is -1.66. The van der Waals surface area contributed by atoms with Crippen molar-refractivity contribution in [2.75, 3.05) is 0 Å². The van der Waals surface area contributed by atoms with E-state index in [0.29, 0.717) is 11.1 Å². The fraction of sp³-hybridized carbons (Fsp3) is 0.417. The van der Waals surface area contributed by atoms with Crippen molar-refractivity contribution in [3.8, 4) is 0 Å². The van der Waals surface area contributed by atoms with Crippen molar-refractivity contribution in [1.29, 1.82) is 0 Å². The molecule has 0 aliphatic rings. The zero-order valence-electron chi connectivity index (χ0n) is 10.2. The number of benzene rings is 1. The normalized spacial score (nSPS) is 12.4. The van der Waals surface area contributed by atoms with Crippen LogP contribution in [-0.2, 0) is 11.3 Å². The summed E-state index contributed by atoms with van der Waals surface area (Å²) in [6, 6.07) is 4.98. The summed E-state index contributed by atoms with van der Waals surface area (Å²) in [6.07, 6.45) is -5.89. The van der Waals surface area contributed by atoms with Crippen molar-refractivity contribution in [2.45, 2.75) is 32.5 Å². The average Bonchev–Trinajstić information content (AvgIpc) is 2.25. The van der Waals surface area contributed by atoms with Gasteiger partial charge in [0.1, 0.15) is 0 Å². The van der Waals surface area contributed by atoms with E-state index in [1.807, 2.05) is 6.92 Å². The van der Waals surface area contributed by atoms with E-state index in [-0.39, 0.29) is 6.54 Å². The Labute approximate surface area is 106 Å². The van der Waals surface area contributed by atoms with Gasteiger partial charge in [0, 0.05) is 6.54 Å². The van der Waals surface area contributed by atoms with E-state index in [1.165, 1.54) is 0 Å². The molecule has 0 saturated heterocycles. The molecule has 0 bridgehead atoms. The van der Waals surface area contributed by atoms with Crippen molar-refractivity contribution in [1.82, 2.24) is 5.32 Å². The highest BCUT2D eigenvalue weighted by atomic mass is 19.4. The van der Waals surface area contributed by atoms with E-state index in [1.54, 1.807) is 30.4 Å². The van der Waals surface area contributed by atoms with Crippen LogP contribution in [0.5, 0.6) is 0 Å². The highest BCUT2D eigenvalue weighted by Crippen LogP contribution is 2.35. The molecule has 0 aliphatic heterocycles. The van der Waals surface area contributed by atoms with Gasteiger partial charge in [-0.3, -0.25) is 4.79 Å². The Balaban J connectivity index is 2.75. The second kappa shape index (κ2) is 5.14. The van der Waals surface area contributed by atoms with Crippen molar-refractivity contribution < 1.29 is 26.7 Å². The molecule has 7 heteroatoms.